The maximum Gasteiger partial charge on any atom is 0.294 e. The lowest BCUT2D eigenvalue weighted by Crippen LogP contribution is -2.49. The number of amides is 2. The van der Waals surface area contributed by atoms with Crippen LogP contribution in [0.3, 0.4) is 0 Å². The predicted octanol–water partition coefficient (Wildman–Crippen LogP) is 1.94. The molecular weight excluding hydrogens is 326 g/mol. The molecule has 0 atom stereocenters. The van der Waals surface area contributed by atoms with E-state index in [2.05, 4.69) is 16.8 Å². The Balaban J connectivity index is 1.73. The molecule has 0 N–H and O–H groups in total. The third-order valence-corrected chi connectivity index (χ3v) is 5.14. The second-order valence-electron chi connectivity index (χ2n) is 5.91. The molecule has 128 valence electrons. The van der Waals surface area contributed by atoms with Crippen LogP contribution in [-0.2, 0) is 4.79 Å². The highest BCUT2D eigenvalue weighted by Crippen LogP contribution is 2.34. The molecule has 24 heavy (non-hydrogen) atoms. The van der Waals surface area contributed by atoms with Gasteiger partial charge in [0.1, 0.15) is 5.75 Å². The van der Waals surface area contributed by atoms with Crippen LogP contribution in [0.15, 0.2) is 29.2 Å². The molecule has 0 aromatic heterocycles. The zero-order valence-corrected chi connectivity index (χ0v) is 14.7. The molecule has 2 fully saturated rings. The van der Waals surface area contributed by atoms with Gasteiger partial charge < -0.3 is 9.64 Å². The molecule has 7 heteroatoms. The fraction of sp³-hybridized carbons (Fsp3) is 0.412. The van der Waals surface area contributed by atoms with Gasteiger partial charge >= 0.3 is 0 Å². The molecule has 0 radical (unpaired) electrons. The molecule has 1 aromatic carbocycles. The normalized spacial score (nSPS) is 21.8. The van der Waals surface area contributed by atoms with Crippen LogP contribution in [0.25, 0.3) is 6.08 Å². The Morgan fingerprint density at radius 2 is 1.88 bits per heavy atom. The van der Waals surface area contributed by atoms with Crippen LogP contribution in [0.1, 0.15) is 5.56 Å². The molecule has 1 aromatic rings. The first-order valence-electron chi connectivity index (χ1n) is 7.88. The van der Waals surface area contributed by atoms with E-state index < -0.39 is 0 Å². The van der Waals surface area contributed by atoms with Gasteiger partial charge in [-0.2, -0.15) is 0 Å². The van der Waals surface area contributed by atoms with Crippen LogP contribution in [0, 0.1) is 0 Å². The van der Waals surface area contributed by atoms with Crippen molar-refractivity contribution in [3.05, 3.63) is 34.7 Å². The van der Waals surface area contributed by atoms with E-state index in [4.69, 9.17) is 4.74 Å². The SMILES string of the molecule is COc1ccccc1/C=C1/SC(=O)N(CN2CCN(C)CC2)C1=O. The zero-order chi connectivity index (χ0) is 17.1. The molecular formula is C17H21N3O3S. The fourth-order valence-corrected chi connectivity index (χ4v) is 3.56. The molecule has 2 saturated heterocycles. The Bertz CT molecular complexity index is 669. The van der Waals surface area contributed by atoms with Crippen molar-refractivity contribution in [2.45, 2.75) is 0 Å². The highest BCUT2D eigenvalue weighted by Gasteiger charge is 2.36. The van der Waals surface area contributed by atoms with E-state index >= 15 is 0 Å². The van der Waals surface area contributed by atoms with Crippen molar-refractivity contribution in [1.82, 2.24) is 14.7 Å². The van der Waals surface area contributed by atoms with Gasteiger partial charge in [-0.3, -0.25) is 19.4 Å². The molecule has 0 bridgehead atoms. The van der Waals surface area contributed by atoms with E-state index in [1.807, 2.05) is 24.3 Å². The van der Waals surface area contributed by atoms with Gasteiger partial charge in [-0.05, 0) is 31.0 Å². The monoisotopic (exact) mass is 347 g/mol. The second-order valence-corrected chi connectivity index (χ2v) is 6.91. The number of thioether (sulfide) groups is 1. The number of imide groups is 1. The Hall–Kier alpha value is -1.83. The van der Waals surface area contributed by atoms with Gasteiger partial charge in [0.25, 0.3) is 11.1 Å². The number of para-hydroxylation sites is 1. The van der Waals surface area contributed by atoms with Crippen LogP contribution in [0.2, 0.25) is 0 Å². The summed E-state index contributed by atoms with van der Waals surface area (Å²) in [6, 6.07) is 7.45. The highest BCUT2D eigenvalue weighted by molar-refractivity contribution is 8.18. The van der Waals surface area contributed by atoms with Gasteiger partial charge in [-0.15, -0.1) is 0 Å². The third-order valence-electron chi connectivity index (χ3n) is 4.24. The Morgan fingerprint density at radius 3 is 2.58 bits per heavy atom. The number of hydrogen-bond acceptors (Lipinski definition) is 6. The largest absolute Gasteiger partial charge is 0.496 e. The van der Waals surface area contributed by atoms with E-state index in [0.29, 0.717) is 17.3 Å². The van der Waals surface area contributed by atoms with Gasteiger partial charge in [0.15, 0.2) is 0 Å². The first kappa shape index (κ1) is 17.0. The maximum absolute atomic E-state index is 12.6. The number of piperazine rings is 1. The van der Waals surface area contributed by atoms with Crippen LogP contribution in [0.4, 0.5) is 4.79 Å². The Kier molecular flexibility index (Phi) is 5.23. The van der Waals surface area contributed by atoms with Crippen LogP contribution in [0.5, 0.6) is 5.75 Å². The molecule has 0 spiro atoms. The Morgan fingerprint density at radius 1 is 1.17 bits per heavy atom. The number of carbonyl (C=O) groups is 2. The number of ether oxygens (including phenoxy) is 1. The zero-order valence-electron chi connectivity index (χ0n) is 13.9. The summed E-state index contributed by atoms with van der Waals surface area (Å²) in [6.45, 7) is 4.00. The predicted molar refractivity (Wildman–Crippen MR) is 94.7 cm³/mol. The molecule has 0 aliphatic carbocycles. The van der Waals surface area contributed by atoms with Crippen LogP contribution in [-0.4, -0.2) is 72.9 Å². The van der Waals surface area contributed by atoms with Crippen molar-refractivity contribution >= 4 is 29.0 Å². The van der Waals surface area contributed by atoms with Crippen molar-refractivity contribution in [1.29, 1.82) is 0 Å². The van der Waals surface area contributed by atoms with E-state index in [1.165, 1.54) is 4.90 Å². The number of likely N-dealkylation sites (N-methyl/N-ethyl adjacent to an activating group) is 1. The lowest BCUT2D eigenvalue weighted by atomic mass is 10.2. The summed E-state index contributed by atoms with van der Waals surface area (Å²) >= 11 is 0.991. The van der Waals surface area contributed by atoms with Crippen molar-refractivity contribution in [2.24, 2.45) is 0 Å². The molecule has 2 aliphatic rings. The number of hydrogen-bond donors (Lipinski definition) is 0. The third kappa shape index (κ3) is 3.63. The number of methoxy groups -OCH3 is 1. The van der Waals surface area contributed by atoms with Gasteiger partial charge in [-0.25, -0.2) is 0 Å². The molecule has 0 saturated carbocycles. The van der Waals surface area contributed by atoms with E-state index in [-0.39, 0.29) is 11.1 Å². The lowest BCUT2D eigenvalue weighted by molar-refractivity contribution is -0.124. The highest BCUT2D eigenvalue weighted by atomic mass is 32.2. The van der Waals surface area contributed by atoms with Gasteiger partial charge in [-0.1, -0.05) is 18.2 Å². The Labute approximate surface area is 146 Å². The molecule has 2 aliphatic heterocycles. The molecule has 2 heterocycles. The minimum absolute atomic E-state index is 0.208. The molecule has 6 nitrogen and oxygen atoms in total. The van der Waals surface area contributed by atoms with E-state index in [9.17, 15) is 9.59 Å². The van der Waals surface area contributed by atoms with Gasteiger partial charge in [0.05, 0.1) is 18.7 Å². The summed E-state index contributed by atoms with van der Waals surface area (Å²) in [5.74, 6) is 0.457. The quantitative estimate of drug-likeness (QED) is 0.776. The standard InChI is InChI=1S/C17H21N3O3S/c1-18-7-9-19(10-8-18)12-20-16(21)15(24-17(20)22)11-13-5-3-4-6-14(13)23-2/h3-6,11H,7-10,12H2,1-2H3/b15-11+. The van der Waals surface area contributed by atoms with Crippen molar-refractivity contribution in [2.75, 3.05) is 47.0 Å². The van der Waals surface area contributed by atoms with Crippen LogP contribution >= 0.6 is 11.8 Å². The average molecular weight is 347 g/mol. The van der Waals surface area contributed by atoms with E-state index in [0.717, 1.165) is 43.5 Å². The molecule has 2 amide bonds. The minimum atomic E-state index is -0.227. The van der Waals surface area contributed by atoms with Gasteiger partial charge in [0.2, 0.25) is 0 Å². The first-order valence-corrected chi connectivity index (χ1v) is 8.69. The van der Waals surface area contributed by atoms with E-state index in [1.54, 1.807) is 13.2 Å². The number of nitrogens with zero attached hydrogens (tertiary/aromatic N) is 3. The summed E-state index contributed by atoms with van der Waals surface area (Å²) in [6.07, 6.45) is 1.73. The second kappa shape index (κ2) is 7.38. The van der Waals surface area contributed by atoms with Crippen molar-refractivity contribution in [3.63, 3.8) is 0 Å². The summed E-state index contributed by atoms with van der Waals surface area (Å²) in [5, 5.41) is -0.208. The summed E-state index contributed by atoms with van der Waals surface area (Å²) in [7, 11) is 3.67. The smallest absolute Gasteiger partial charge is 0.294 e. The minimum Gasteiger partial charge on any atom is -0.496 e. The number of rotatable bonds is 4. The van der Waals surface area contributed by atoms with Crippen molar-refractivity contribution in [3.8, 4) is 5.75 Å². The van der Waals surface area contributed by atoms with Gasteiger partial charge in [0, 0.05) is 31.7 Å². The van der Waals surface area contributed by atoms with Crippen LogP contribution < -0.4 is 4.74 Å². The number of benzene rings is 1. The fourth-order valence-electron chi connectivity index (χ4n) is 2.74. The lowest BCUT2D eigenvalue weighted by Gasteiger charge is -2.33. The average Bonchev–Trinajstić information content (AvgIpc) is 2.85. The maximum atomic E-state index is 12.6. The first-order chi connectivity index (χ1) is 11.6. The summed E-state index contributed by atoms with van der Waals surface area (Å²) < 4.78 is 5.30. The molecule has 0 unspecified atom stereocenters. The molecule has 3 rings (SSSR count). The van der Waals surface area contributed by atoms with Crippen molar-refractivity contribution < 1.29 is 14.3 Å². The summed E-state index contributed by atoms with van der Waals surface area (Å²) in [5.41, 5.74) is 0.796. The summed E-state index contributed by atoms with van der Waals surface area (Å²) in [4.78, 5) is 31.0. The topological polar surface area (TPSA) is 53.1 Å². The number of carbonyl (C=O) groups excluding carboxylic acids is 2.